The molecule has 2 fully saturated rings. The van der Waals surface area contributed by atoms with E-state index >= 15 is 0 Å². The first-order valence-corrected chi connectivity index (χ1v) is 10.5. The van der Waals surface area contributed by atoms with Crippen molar-refractivity contribution in [3.63, 3.8) is 0 Å². The van der Waals surface area contributed by atoms with Gasteiger partial charge in [-0.25, -0.2) is 13.8 Å². The Balaban J connectivity index is 1.13. The molecule has 2 aliphatic rings. The van der Waals surface area contributed by atoms with Gasteiger partial charge >= 0.3 is 0 Å². The van der Waals surface area contributed by atoms with E-state index in [4.69, 9.17) is 4.52 Å². The molecule has 0 radical (unpaired) electrons. The number of halogens is 2. The average Bonchev–Trinajstić information content (AvgIpc) is 3.18. The summed E-state index contributed by atoms with van der Waals surface area (Å²) in [7, 11) is 0. The predicted octanol–water partition coefficient (Wildman–Crippen LogP) is 4.93. The van der Waals surface area contributed by atoms with Gasteiger partial charge < -0.3 is 14.4 Å². The van der Waals surface area contributed by atoms with Gasteiger partial charge in [-0.3, -0.25) is 4.79 Å². The van der Waals surface area contributed by atoms with Gasteiger partial charge in [-0.05, 0) is 42.7 Å². The minimum atomic E-state index is -0.880. The Labute approximate surface area is 176 Å². The highest BCUT2D eigenvalue weighted by atomic mass is 19.2. The largest absolute Gasteiger partial charge is 0.356 e. The first-order chi connectivity index (χ1) is 15.0. The summed E-state index contributed by atoms with van der Waals surface area (Å²) in [4.78, 5) is 17.0. The van der Waals surface area contributed by atoms with E-state index in [0.717, 1.165) is 24.3 Å². The Morgan fingerprint density at radius 2 is 1.97 bits per heavy atom. The number of rotatable bonds is 4. The standard InChI is InChI=1S/C23H20F2N4O2/c1-11(23(30)28-13-3-2-12-9-27-31-21(12)4-13)22-15-5-14(6-16(15)22)29-10-26-19-7-17(24)18(25)8-20(19)29/h2-4,7-11,14-16,22H,5-6H2,1H3,(H,28,30)/t11?,14-,15-,16+,22-. The lowest BCUT2D eigenvalue weighted by Crippen LogP contribution is -2.24. The summed E-state index contributed by atoms with van der Waals surface area (Å²) in [6.45, 7) is 1.98. The third-order valence-electron chi connectivity index (χ3n) is 7.11. The molecule has 0 bridgehead atoms. The van der Waals surface area contributed by atoms with Crippen LogP contribution in [-0.4, -0.2) is 20.6 Å². The fourth-order valence-electron chi connectivity index (χ4n) is 5.51. The van der Waals surface area contributed by atoms with Crippen molar-refractivity contribution in [1.29, 1.82) is 0 Å². The molecule has 0 aliphatic heterocycles. The van der Waals surface area contributed by atoms with E-state index < -0.39 is 11.6 Å². The Morgan fingerprint density at radius 1 is 1.19 bits per heavy atom. The lowest BCUT2D eigenvalue weighted by atomic mass is 9.96. The second-order valence-electron chi connectivity index (χ2n) is 8.79. The Bertz CT molecular complexity index is 1320. The topological polar surface area (TPSA) is 73.0 Å². The number of hydrogen-bond acceptors (Lipinski definition) is 4. The molecular formula is C23H20F2N4O2. The molecule has 2 aromatic heterocycles. The van der Waals surface area contributed by atoms with Crippen LogP contribution < -0.4 is 5.32 Å². The number of nitrogens with zero attached hydrogens (tertiary/aromatic N) is 3. The van der Waals surface area contributed by atoms with E-state index in [0.29, 0.717) is 40.1 Å². The Kier molecular flexibility index (Phi) is 3.94. The summed E-state index contributed by atoms with van der Waals surface area (Å²) < 4.78 is 34.3. The molecule has 2 heterocycles. The number of anilines is 1. The normalized spacial score (nSPS) is 25.6. The van der Waals surface area contributed by atoms with Gasteiger partial charge in [-0.2, -0.15) is 0 Å². The molecule has 31 heavy (non-hydrogen) atoms. The van der Waals surface area contributed by atoms with Crippen LogP contribution in [0.1, 0.15) is 25.8 Å². The van der Waals surface area contributed by atoms with Crippen LogP contribution in [0.3, 0.4) is 0 Å². The SMILES string of the molecule is CC(C(=O)Nc1ccc2cnoc2c1)[C@@H]1[C@@H]2C[C@@H](n3cnc4cc(F)c(F)cc43)C[C@@H]21. The van der Waals surface area contributed by atoms with Gasteiger partial charge in [-0.1, -0.05) is 12.1 Å². The summed E-state index contributed by atoms with van der Waals surface area (Å²) in [5.74, 6) is -0.573. The van der Waals surface area contributed by atoms with Crippen LogP contribution in [0, 0.1) is 35.3 Å². The molecule has 8 heteroatoms. The number of amides is 1. The van der Waals surface area contributed by atoms with Crippen LogP contribution in [-0.2, 0) is 4.79 Å². The minimum Gasteiger partial charge on any atom is -0.356 e. The number of fused-ring (bicyclic) bond motifs is 3. The molecule has 2 saturated carbocycles. The van der Waals surface area contributed by atoms with Crippen molar-refractivity contribution < 1.29 is 18.1 Å². The van der Waals surface area contributed by atoms with E-state index in [-0.39, 0.29) is 17.9 Å². The highest BCUT2D eigenvalue weighted by molar-refractivity contribution is 5.94. The Morgan fingerprint density at radius 3 is 2.77 bits per heavy atom. The highest BCUT2D eigenvalue weighted by Crippen LogP contribution is 2.64. The number of carbonyl (C=O) groups is 1. The van der Waals surface area contributed by atoms with Crippen molar-refractivity contribution in [1.82, 2.24) is 14.7 Å². The maximum atomic E-state index is 13.7. The number of aromatic nitrogens is 3. The number of carbonyl (C=O) groups excluding carboxylic acids is 1. The van der Waals surface area contributed by atoms with Crippen LogP contribution in [0.5, 0.6) is 0 Å². The van der Waals surface area contributed by atoms with Crippen LogP contribution in [0.15, 0.2) is 47.4 Å². The zero-order valence-corrected chi connectivity index (χ0v) is 16.8. The van der Waals surface area contributed by atoms with Gasteiger partial charge in [0.25, 0.3) is 0 Å². The third-order valence-corrected chi connectivity index (χ3v) is 7.11. The summed E-state index contributed by atoms with van der Waals surface area (Å²) in [5, 5.41) is 7.64. The summed E-state index contributed by atoms with van der Waals surface area (Å²) in [6, 6.07) is 8.06. The van der Waals surface area contributed by atoms with Crippen molar-refractivity contribution in [2.75, 3.05) is 5.32 Å². The van der Waals surface area contributed by atoms with Gasteiger partial charge in [0.2, 0.25) is 5.91 Å². The second kappa shape index (κ2) is 6.60. The molecule has 0 spiro atoms. The monoisotopic (exact) mass is 422 g/mol. The van der Waals surface area contributed by atoms with Crippen LogP contribution in [0.25, 0.3) is 22.0 Å². The fraction of sp³-hybridized carbons (Fsp3) is 0.348. The number of imidazole rings is 1. The molecule has 1 unspecified atom stereocenters. The van der Waals surface area contributed by atoms with Gasteiger partial charge in [-0.15, -0.1) is 0 Å². The molecule has 5 atom stereocenters. The van der Waals surface area contributed by atoms with Crippen molar-refractivity contribution in [3.8, 4) is 0 Å². The second-order valence-corrected chi connectivity index (χ2v) is 8.79. The van der Waals surface area contributed by atoms with Gasteiger partial charge in [0, 0.05) is 41.2 Å². The summed E-state index contributed by atoms with van der Waals surface area (Å²) in [5.41, 5.74) is 2.42. The summed E-state index contributed by atoms with van der Waals surface area (Å²) in [6.07, 6.45) is 5.15. The maximum Gasteiger partial charge on any atom is 0.227 e. The zero-order chi connectivity index (χ0) is 21.3. The van der Waals surface area contributed by atoms with Gasteiger partial charge in [0.05, 0.1) is 23.6 Å². The van der Waals surface area contributed by atoms with Gasteiger partial charge in [0.15, 0.2) is 17.2 Å². The third kappa shape index (κ3) is 2.92. The molecule has 0 saturated heterocycles. The highest BCUT2D eigenvalue weighted by Gasteiger charge is 2.59. The smallest absolute Gasteiger partial charge is 0.227 e. The molecule has 2 aromatic carbocycles. The number of benzene rings is 2. The van der Waals surface area contributed by atoms with Crippen molar-refractivity contribution in [3.05, 3.63) is 54.5 Å². The molecule has 6 nitrogen and oxygen atoms in total. The quantitative estimate of drug-likeness (QED) is 0.506. The van der Waals surface area contributed by atoms with Crippen LogP contribution >= 0.6 is 0 Å². The van der Waals surface area contributed by atoms with E-state index in [1.54, 1.807) is 18.6 Å². The van der Waals surface area contributed by atoms with Crippen molar-refractivity contribution >= 4 is 33.6 Å². The number of hydrogen-bond donors (Lipinski definition) is 1. The average molecular weight is 422 g/mol. The maximum absolute atomic E-state index is 13.7. The van der Waals surface area contributed by atoms with Crippen molar-refractivity contribution in [2.24, 2.45) is 23.7 Å². The molecule has 158 valence electrons. The van der Waals surface area contributed by atoms with E-state index in [1.165, 1.54) is 6.07 Å². The molecule has 1 amide bonds. The molecular weight excluding hydrogens is 402 g/mol. The molecule has 1 N–H and O–H groups in total. The van der Waals surface area contributed by atoms with E-state index in [9.17, 15) is 13.6 Å². The van der Waals surface area contributed by atoms with Crippen molar-refractivity contribution in [2.45, 2.75) is 25.8 Å². The molecule has 4 aromatic rings. The van der Waals surface area contributed by atoms with Crippen LogP contribution in [0.2, 0.25) is 0 Å². The first-order valence-electron chi connectivity index (χ1n) is 10.5. The van der Waals surface area contributed by atoms with Crippen LogP contribution in [0.4, 0.5) is 14.5 Å². The Hall–Kier alpha value is -3.29. The predicted molar refractivity (Wildman–Crippen MR) is 110 cm³/mol. The van der Waals surface area contributed by atoms with Gasteiger partial charge in [0.1, 0.15) is 0 Å². The molecule has 6 rings (SSSR count). The first kappa shape index (κ1) is 18.5. The van der Waals surface area contributed by atoms with E-state index in [1.807, 2.05) is 23.6 Å². The lowest BCUT2D eigenvalue weighted by molar-refractivity contribution is -0.120. The number of nitrogens with one attached hydrogen (secondary N) is 1. The fourth-order valence-corrected chi connectivity index (χ4v) is 5.51. The minimum absolute atomic E-state index is 0.000409. The zero-order valence-electron chi connectivity index (χ0n) is 16.8. The lowest BCUT2D eigenvalue weighted by Gasteiger charge is -2.20. The molecule has 2 aliphatic carbocycles. The summed E-state index contributed by atoms with van der Waals surface area (Å²) >= 11 is 0. The van der Waals surface area contributed by atoms with E-state index in [2.05, 4.69) is 15.5 Å².